The molecule has 2 unspecified atom stereocenters. The quantitative estimate of drug-likeness (QED) is 0.0300. The van der Waals surface area contributed by atoms with Gasteiger partial charge in [-0.25, -0.2) is 4.79 Å². The van der Waals surface area contributed by atoms with Crippen LogP contribution in [0.15, 0.2) is 12.2 Å². The zero-order valence-corrected chi connectivity index (χ0v) is 57.1. The summed E-state index contributed by atoms with van der Waals surface area (Å²) in [5.41, 5.74) is 0. The average Bonchev–Trinajstić information content (AvgIpc) is 0.761. The highest BCUT2D eigenvalue weighted by atomic mass is 16.8. The molecule has 4 saturated heterocycles. The first kappa shape index (κ1) is 85.2. The zero-order valence-electron chi connectivity index (χ0n) is 57.1. The molecule has 3 amide bonds. The minimum atomic E-state index is -3.28. The highest BCUT2D eigenvalue weighted by molar-refractivity contribution is 5.77. The molecule has 4 rings (SSSR count). The van der Waals surface area contributed by atoms with E-state index in [4.69, 9.17) is 37.9 Å². The summed E-state index contributed by atoms with van der Waals surface area (Å²) < 4.78 is 47.9. The van der Waals surface area contributed by atoms with Crippen LogP contribution in [-0.4, -0.2) is 269 Å². The number of ether oxygens (including phenoxy) is 8. The fourth-order valence-corrected chi connectivity index (χ4v) is 12.8. The van der Waals surface area contributed by atoms with Crippen LogP contribution in [0.25, 0.3) is 0 Å². The number of hydrogen-bond donors (Lipinski definition) is 17. The number of carboxylic acids is 1. The minimum Gasteiger partial charge on any atom is -0.477 e. The summed E-state index contributed by atoms with van der Waals surface area (Å²) in [6.45, 7) is 1.73. The third kappa shape index (κ3) is 27.6. The molecule has 29 nitrogen and oxygen atoms in total. The number of nitrogens with one attached hydrogen (secondary N) is 3. The lowest BCUT2D eigenvalue weighted by Crippen LogP contribution is -2.72. The first-order valence-corrected chi connectivity index (χ1v) is 35.6. The lowest BCUT2D eigenvalue weighted by Gasteiger charge is -2.52. The highest BCUT2D eigenvalue weighted by Crippen LogP contribution is 2.40. The Labute approximate surface area is 565 Å². The van der Waals surface area contributed by atoms with E-state index in [0.717, 1.165) is 65.2 Å². The summed E-state index contributed by atoms with van der Waals surface area (Å²) in [5.74, 6) is -7.36. The fourth-order valence-electron chi connectivity index (χ4n) is 12.8. The lowest BCUT2D eigenvalue weighted by atomic mass is 9.88. The Morgan fingerprint density at radius 3 is 1.51 bits per heavy atom. The first-order valence-electron chi connectivity index (χ1n) is 35.6. The third-order valence-electron chi connectivity index (χ3n) is 18.5. The second-order valence-electron chi connectivity index (χ2n) is 26.5. The van der Waals surface area contributed by atoms with Gasteiger partial charge in [-0.2, -0.15) is 0 Å². The van der Waals surface area contributed by atoms with Crippen molar-refractivity contribution in [3.8, 4) is 0 Å². The van der Waals surface area contributed by atoms with Crippen LogP contribution in [0, 0.1) is 0 Å². The molecule has 0 aromatic rings. The number of amides is 3. The van der Waals surface area contributed by atoms with Gasteiger partial charge in [-0.15, -0.1) is 0 Å². The summed E-state index contributed by atoms with van der Waals surface area (Å²) in [6, 6.07) is -4.52. The standard InChI is InChI=1S/C67H121N3O26/c1-5-7-9-11-13-15-17-19-20-22-24-26-28-30-32-34-50(80)70-43(44(77)33-31-29-27-25-23-21-18-16-14-12-10-8-6-2)40-89-64-57(85)56(84)59(48(38-73)91-64)93-65-58(86)62(60(49(39-74)92-65)94-63-52(69-42(4)76)55(83)54(82)47(37-72)90-63)96-67(66(87)88)35-45(78)51(68-41(3)75)61(95-67)53(81)46(79)36-71/h31,33,43-49,51-65,71-74,77-79,81-86H,5-30,32,34-40H2,1-4H3,(H,68,75)(H,69,76)(H,70,80)(H,87,88)/b33-31+/t43?,44?,45-,46+,47+,48+,49+,51+,52+,53-,54-,55+,56+,57+,58+,59+,60-,61+,62+,63-,64+,65-,67-/m0/s1. The number of carbonyl (C=O) groups excluding carboxylic acids is 3. The van der Waals surface area contributed by atoms with Crippen LogP contribution >= 0.6 is 0 Å². The average molecular weight is 1380 g/mol. The summed E-state index contributed by atoms with van der Waals surface area (Å²) in [4.78, 5) is 51.9. The van der Waals surface area contributed by atoms with E-state index in [1.54, 1.807) is 6.08 Å². The molecule has 17 N–H and O–H groups in total. The van der Waals surface area contributed by atoms with Gasteiger partial charge in [0.2, 0.25) is 17.7 Å². The molecule has 0 aromatic heterocycles. The van der Waals surface area contributed by atoms with Gasteiger partial charge in [0.25, 0.3) is 5.79 Å². The van der Waals surface area contributed by atoms with E-state index < -0.39 is 198 Å². The van der Waals surface area contributed by atoms with Gasteiger partial charge in [0.05, 0.1) is 57.3 Å². The molecule has 96 heavy (non-hydrogen) atoms. The number of carboxylic acid groups (broad SMARTS) is 1. The monoisotopic (exact) mass is 1380 g/mol. The molecule has 0 aromatic carbocycles. The van der Waals surface area contributed by atoms with E-state index >= 15 is 0 Å². The van der Waals surface area contributed by atoms with Crippen molar-refractivity contribution < 1.29 is 129 Å². The topological polar surface area (TPSA) is 461 Å². The molecule has 4 aliphatic heterocycles. The predicted molar refractivity (Wildman–Crippen MR) is 346 cm³/mol. The van der Waals surface area contributed by atoms with E-state index in [1.807, 2.05) is 6.08 Å². The number of allylic oxidation sites excluding steroid dienone is 1. The van der Waals surface area contributed by atoms with Crippen LogP contribution in [0.5, 0.6) is 0 Å². The van der Waals surface area contributed by atoms with Gasteiger partial charge in [0, 0.05) is 26.7 Å². The summed E-state index contributed by atoms with van der Waals surface area (Å²) in [6.07, 6.45) is -4.64. The SMILES string of the molecule is CCCCCCCCCCCCC/C=C/C(O)C(CO[C@@H]1O[C@H](CO)[C@@H](O[C@@H]2O[C@H](CO)[C@H](O[C@@H]3O[C@H](CO)[C@H](O)[C@H](O)[C@H]3NC(C)=O)[C@H](O[C@]3(C(=O)O)C[C@H](O)[C@@H](NC(C)=O)[C@H]([C@@H](O)[C@H](O)CO)O3)[C@H]2O)[C@H](O)[C@H]1O)NC(=O)CCCCCCCCCCCCCCCCC. The van der Waals surface area contributed by atoms with Crippen molar-refractivity contribution in [2.45, 2.75) is 354 Å². The van der Waals surface area contributed by atoms with E-state index in [1.165, 1.54) is 109 Å². The van der Waals surface area contributed by atoms with Crippen molar-refractivity contribution in [2.75, 3.05) is 33.0 Å². The number of unbranched alkanes of at least 4 members (excludes halogenated alkanes) is 25. The van der Waals surface area contributed by atoms with E-state index in [-0.39, 0.29) is 12.3 Å². The second kappa shape index (κ2) is 46.3. The Morgan fingerprint density at radius 1 is 0.542 bits per heavy atom. The predicted octanol–water partition coefficient (Wildman–Crippen LogP) is 1.13. The fraction of sp³-hybridized carbons (Fsp3) is 0.910. The van der Waals surface area contributed by atoms with Gasteiger partial charge in [-0.1, -0.05) is 180 Å². The Kier molecular flexibility index (Phi) is 41.1. The van der Waals surface area contributed by atoms with Crippen molar-refractivity contribution in [1.29, 1.82) is 0 Å². The van der Waals surface area contributed by atoms with Crippen LogP contribution in [0.3, 0.4) is 0 Å². The first-order chi connectivity index (χ1) is 46.0. The minimum absolute atomic E-state index is 0.162. The number of hydrogen-bond acceptors (Lipinski definition) is 25. The Hall–Kier alpha value is -3.22. The number of aliphatic hydroxyl groups is 13. The Balaban J connectivity index is 1.54. The number of carbonyl (C=O) groups is 4. The molecular formula is C67H121N3O26. The molecule has 560 valence electrons. The molecule has 4 fully saturated rings. The van der Waals surface area contributed by atoms with Crippen LogP contribution in [0.2, 0.25) is 0 Å². The Morgan fingerprint density at radius 2 is 1.01 bits per heavy atom. The van der Waals surface area contributed by atoms with Gasteiger partial charge in [-0.3, -0.25) is 14.4 Å². The maximum Gasteiger partial charge on any atom is 0.364 e. The largest absolute Gasteiger partial charge is 0.477 e. The van der Waals surface area contributed by atoms with Crippen molar-refractivity contribution in [1.82, 2.24) is 16.0 Å². The van der Waals surface area contributed by atoms with Crippen LogP contribution in [0.1, 0.15) is 214 Å². The molecule has 0 radical (unpaired) electrons. The van der Waals surface area contributed by atoms with E-state index in [9.17, 15) is 90.7 Å². The van der Waals surface area contributed by atoms with Gasteiger partial charge < -0.3 is 125 Å². The molecule has 0 spiro atoms. The molecule has 4 heterocycles. The smallest absolute Gasteiger partial charge is 0.364 e. The second-order valence-corrected chi connectivity index (χ2v) is 26.5. The molecule has 4 aliphatic rings. The summed E-state index contributed by atoms with van der Waals surface area (Å²) in [7, 11) is 0. The lowest BCUT2D eigenvalue weighted by molar-refractivity contribution is -0.401. The van der Waals surface area contributed by atoms with Crippen LogP contribution in [0.4, 0.5) is 0 Å². The van der Waals surface area contributed by atoms with Gasteiger partial charge >= 0.3 is 5.97 Å². The molecule has 0 aliphatic carbocycles. The van der Waals surface area contributed by atoms with Crippen LogP contribution in [-0.2, 0) is 57.1 Å². The molecule has 0 saturated carbocycles. The van der Waals surface area contributed by atoms with Gasteiger partial charge in [0.15, 0.2) is 18.9 Å². The molecule has 0 bridgehead atoms. The summed E-state index contributed by atoms with van der Waals surface area (Å²) in [5, 5.41) is 163. The molecule has 23 atom stereocenters. The van der Waals surface area contributed by atoms with E-state index in [2.05, 4.69) is 29.8 Å². The van der Waals surface area contributed by atoms with Gasteiger partial charge in [0.1, 0.15) is 91.5 Å². The third-order valence-corrected chi connectivity index (χ3v) is 18.5. The Bertz CT molecular complexity index is 2180. The molecule has 29 heteroatoms. The summed E-state index contributed by atoms with van der Waals surface area (Å²) >= 11 is 0. The van der Waals surface area contributed by atoms with Crippen molar-refractivity contribution in [2.24, 2.45) is 0 Å². The number of rotatable bonds is 49. The molecular weight excluding hydrogens is 1260 g/mol. The number of aliphatic carboxylic acids is 1. The highest BCUT2D eigenvalue weighted by Gasteiger charge is 2.61. The maximum absolute atomic E-state index is 13.6. The number of aliphatic hydroxyl groups excluding tert-OH is 13. The van der Waals surface area contributed by atoms with Crippen molar-refractivity contribution in [3.05, 3.63) is 12.2 Å². The zero-order chi connectivity index (χ0) is 70.7. The van der Waals surface area contributed by atoms with Crippen molar-refractivity contribution >= 4 is 23.7 Å². The normalized spacial score (nSPS) is 32.3. The maximum atomic E-state index is 13.6. The van der Waals surface area contributed by atoms with Crippen molar-refractivity contribution in [3.63, 3.8) is 0 Å². The van der Waals surface area contributed by atoms with Crippen LogP contribution < -0.4 is 16.0 Å². The van der Waals surface area contributed by atoms with E-state index in [0.29, 0.717) is 12.8 Å². The van der Waals surface area contributed by atoms with Gasteiger partial charge in [-0.05, 0) is 19.3 Å².